The Labute approximate surface area is 129 Å². The third-order valence-electron chi connectivity index (χ3n) is 3.02. The van der Waals surface area contributed by atoms with Gasteiger partial charge in [0.25, 0.3) is 0 Å². The molecule has 6 heteroatoms. The Balaban J connectivity index is 1.91. The fourth-order valence-corrected chi connectivity index (χ4v) is 2.44. The SMILES string of the molecule is N#Cc1ccc(Nc2ccc3c(c2)OCCO3)c(F)c1Br. The van der Waals surface area contributed by atoms with Crippen molar-refractivity contribution in [3.8, 4) is 17.6 Å². The highest BCUT2D eigenvalue weighted by molar-refractivity contribution is 9.10. The Morgan fingerprint density at radius 2 is 1.90 bits per heavy atom. The van der Waals surface area contributed by atoms with Gasteiger partial charge in [-0.1, -0.05) is 0 Å². The van der Waals surface area contributed by atoms with Crippen LogP contribution in [-0.2, 0) is 0 Å². The third-order valence-corrected chi connectivity index (χ3v) is 3.80. The van der Waals surface area contributed by atoms with E-state index in [9.17, 15) is 4.39 Å². The standard InChI is InChI=1S/C15H10BrFN2O2/c16-14-9(8-18)1-3-11(15(14)17)19-10-2-4-12-13(7-10)21-6-5-20-12/h1-4,7,19H,5-6H2. The van der Waals surface area contributed by atoms with E-state index in [-0.39, 0.29) is 15.7 Å². The van der Waals surface area contributed by atoms with Crippen LogP contribution in [0.4, 0.5) is 15.8 Å². The molecule has 2 aromatic carbocycles. The van der Waals surface area contributed by atoms with Gasteiger partial charge < -0.3 is 14.8 Å². The highest BCUT2D eigenvalue weighted by Gasteiger charge is 2.14. The second-order valence-corrected chi connectivity index (χ2v) is 5.18. The predicted octanol–water partition coefficient (Wildman–Crippen LogP) is 3.97. The van der Waals surface area contributed by atoms with Crippen LogP contribution in [0, 0.1) is 17.1 Å². The first-order chi connectivity index (χ1) is 10.2. The second-order valence-electron chi connectivity index (χ2n) is 4.38. The molecule has 0 fully saturated rings. The van der Waals surface area contributed by atoms with Gasteiger partial charge in [0.15, 0.2) is 17.3 Å². The van der Waals surface area contributed by atoms with Crippen molar-refractivity contribution in [3.05, 3.63) is 46.2 Å². The lowest BCUT2D eigenvalue weighted by atomic mass is 10.2. The van der Waals surface area contributed by atoms with Crippen molar-refractivity contribution >= 4 is 27.3 Å². The van der Waals surface area contributed by atoms with Crippen molar-refractivity contribution in [2.75, 3.05) is 18.5 Å². The zero-order valence-electron chi connectivity index (χ0n) is 10.8. The van der Waals surface area contributed by atoms with E-state index < -0.39 is 5.82 Å². The largest absolute Gasteiger partial charge is 0.486 e. The van der Waals surface area contributed by atoms with Crippen LogP contribution in [0.3, 0.4) is 0 Å². The molecule has 1 N–H and O–H groups in total. The fourth-order valence-electron chi connectivity index (χ4n) is 2.01. The number of ether oxygens (including phenoxy) is 2. The topological polar surface area (TPSA) is 54.3 Å². The van der Waals surface area contributed by atoms with E-state index in [2.05, 4.69) is 21.2 Å². The van der Waals surface area contributed by atoms with E-state index in [1.165, 1.54) is 6.07 Å². The van der Waals surface area contributed by atoms with E-state index in [1.807, 2.05) is 6.07 Å². The molecule has 106 valence electrons. The lowest BCUT2D eigenvalue weighted by Crippen LogP contribution is -2.15. The van der Waals surface area contributed by atoms with Gasteiger partial charge in [0.05, 0.1) is 15.7 Å². The van der Waals surface area contributed by atoms with Crippen LogP contribution in [0.5, 0.6) is 11.5 Å². The van der Waals surface area contributed by atoms with E-state index in [0.717, 1.165) is 0 Å². The summed E-state index contributed by atoms with van der Waals surface area (Å²) in [5.74, 6) is 0.789. The molecule has 0 atom stereocenters. The zero-order chi connectivity index (χ0) is 14.8. The van der Waals surface area contributed by atoms with Crippen molar-refractivity contribution < 1.29 is 13.9 Å². The Bertz CT molecular complexity index is 743. The van der Waals surface area contributed by atoms with Crippen LogP contribution in [0.15, 0.2) is 34.8 Å². The number of nitriles is 1. The quantitative estimate of drug-likeness (QED) is 0.891. The summed E-state index contributed by atoms with van der Waals surface area (Å²) in [7, 11) is 0. The molecule has 1 aliphatic heterocycles. The van der Waals surface area contributed by atoms with Crippen molar-refractivity contribution in [3.63, 3.8) is 0 Å². The summed E-state index contributed by atoms with van der Waals surface area (Å²) in [6, 6.07) is 10.3. The summed E-state index contributed by atoms with van der Waals surface area (Å²) in [5.41, 5.74) is 1.20. The van der Waals surface area contributed by atoms with E-state index in [4.69, 9.17) is 14.7 Å². The van der Waals surface area contributed by atoms with Crippen molar-refractivity contribution in [1.29, 1.82) is 5.26 Å². The van der Waals surface area contributed by atoms with Crippen LogP contribution in [-0.4, -0.2) is 13.2 Å². The molecule has 0 saturated carbocycles. The van der Waals surface area contributed by atoms with Gasteiger partial charge in [-0.15, -0.1) is 0 Å². The maximum atomic E-state index is 14.2. The summed E-state index contributed by atoms with van der Waals surface area (Å²) in [5, 5.41) is 11.8. The van der Waals surface area contributed by atoms with Gasteiger partial charge in [-0.25, -0.2) is 4.39 Å². The minimum atomic E-state index is -0.510. The molecule has 1 heterocycles. The number of halogens is 2. The first-order valence-corrected chi connectivity index (χ1v) is 7.03. The van der Waals surface area contributed by atoms with Crippen LogP contribution in [0.25, 0.3) is 0 Å². The molecule has 2 aromatic rings. The van der Waals surface area contributed by atoms with Gasteiger partial charge in [-0.2, -0.15) is 5.26 Å². The summed E-state index contributed by atoms with van der Waals surface area (Å²) in [6.07, 6.45) is 0. The average Bonchev–Trinajstić information content (AvgIpc) is 2.52. The number of hydrogen-bond acceptors (Lipinski definition) is 4. The maximum Gasteiger partial charge on any atom is 0.163 e. The van der Waals surface area contributed by atoms with E-state index >= 15 is 0 Å². The monoisotopic (exact) mass is 348 g/mol. The minimum absolute atomic E-state index is 0.146. The normalized spacial score (nSPS) is 12.6. The van der Waals surface area contributed by atoms with E-state index in [1.54, 1.807) is 24.3 Å². The van der Waals surface area contributed by atoms with Gasteiger partial charge in [-0.05, 0) is 40.2 Å². The molecule has 0 spiro atoms. The molecule has 0 bridgehead atoms. The molecular weight excluding hydrogens is 339 g/mol. The summed E-state index contributed by atoms with van der Waals surface area (Å²) in [6.45, 7) is 1.02. The average molecular weight is 349 g/mol. The number of rotatable bonds is 2. The van der Waals surface area contributed by atoms with Crippen LogP contribution in [0.1, 0.15) is 5.56 Å². The van der Waals surface area contributed by atoms with E-state index in [0.29, 0.717) is 30.4 Å². The first kappa shape index (κ1) is 13.7. The summed E-state index contributed by atoms with van der Waals surface area (Å²) < 4.78 is 25.2. The number of hydrogen-bond donors (Lipinski definition) is 1. The number of nitrogens with one attached hydrogen (secondary N) is 1. The molecule has 0 amide bonds. The Morgan fingerprint density at radius 1 is 1.14 bits per heavy atom. The molecular formula is C15H10BrFN2O2. The summed E-state index contributed by atoms with van der Waals surface area (Å²) >= 11 is 3.08. The Kier molecular flexibility index (Phi) is 3.67. The molecule has 0 radical (unpaired) electrons. The number of nitrogens with zero attached hydrogens (tertiary/aromatic N) is 1. The molecule has 0 saturated heterocycles. The van der Waals surface area contributed by atoms with Crippen molar-refractivity contribution in [1.82, 2.24) is 0 Å². The Hall–Kier alpha value is -2.26. The lowest BCUT2D eigenvalue weighted by molar-refractivity contribution is 0.171. The molecule has 0 aliphatic carbocycles. The summed E-state index contributed by atoms with van der Waals surface area (Å²) in [4.78, 5) is 0. The second kappa shape index (κ2) is 5.62. The molecule has 0 unspecified atom stereocenters. The highest BCUT2D eigenvalue weighted by Crippen LogP contribution is 2.35. The fraction of sp³-hybridized carbons (Fsp3) is 0.133. The van der Waals surface area contributed by atoms with Gasteiger partial charge in [0, 0.05) is 11.8 Å². The van der Waals surface area contributed by atoms with Gasteiger partial charge in [-0.3, -0.25) is 0 Å². The van der Waals surface area contributed by atoms with Crippen molar-refractivity contribution in [2.45, 2.75) is 0 Å². The van der Waals surface area contributed by atoms with Crippen LogP contribution < -0.4 is 14.8 Å². The maximum absolute atomic E-state index is 14.2. The zero-order valence-corrected chi connectivity index (χ0v) is 12.4. The molecule has 1 aliphatic rings. The highest BCUT2D eigenvalue weighted by atomic mass is 79.9. The van der Waals surface area contributed by atoms with Gasteiger partial charge >= 0.3 is 0 Å². The predicted molar refractivity (Wildman–Crippen MR) is 79.5 cm³/mol. The number of fused-ring (bicyclic) bond motifs is 1. The van der Waals surface area contributed by atoms with Crippen molar-refractivity contribution in [2.24, 2.45) is 0 Å². The lowest BCUT2D eigenvalue weighted by Gasteiger charge is -2.19. The smallest absolute Gasteiger partial charge is 0.163 e. The van der Waals surface area contributed by atoms with Crippen LogP contribution in [0.2, 0.25) is 0 Å². The van der Waals surface area contributed by atoms with Crippen LogP contribution >= 0.6 is 15.9 Å². The molecule has 0 aromatic heterocycles. The van der Waals surface area contributed by atoms with Gasteiger partial charge in [0.2, 0.25) is 0 Å². The third kappa shape index (κ3) is 2.65. The Morgan fingerprint density at radius 3 is 2.67 bits per heavy atom. The minimum Gasteiger partial charge on any atom is -0.486 e. The molecule has 4 nitrogen and oxygen atoms in total. The molecule has 21 heavy (non-hydrogen) atoms. The number of anilines is 2. The number of benzene rings is 2. The first-order valence-electron chi connectivity index (χ1n) is 6.24. The van der Waals surface area contributed by atoms with Gasteiger partial charge in [0.1, 0.15) is 19.3 Å². The molecule has 3 rings (SSSR count).